The Morgan fingerprint density at radius 1 is 0.939 bits per heavy atom. The normalized spacial score (nSPS) is 10.8. The zero-order valence-electron chi connectivity index (χ0n) is 19.9. The Hall–Kier alpha value is -3.55. The lowest BCUT2D eigenvalue weighted by Gasteiger charge is -2.19. The van der Waals surface area contributed by atoms with Gasteiger partial charge in [-0.15, -0.1) is 0 Å². The number of carbonyl (C=O) groups excluding carboxylic acids is 3. The van der Waals surface area contributed by atoms with Gasteiger partial charge in [-0.1, -0.05) is 29.8 Å². The van der Waals surface area contributed by atoms with Crippen LogP contribution in [0.2, 0.25) is 0 Å². The van der Waals surface area contributed by atoms with Crippen LogP contribution >= 0.6 is 0 Å². The van der Waals surface area contributed by atoms with E-state index >= 15 is 0 Å². The van der Waals surface area contributed by atoms with E-state index in [9.17, 15) is 14.4 Å². The van der Waals surface area contributed by atoms with E-state index in [4.69, 9.17) is 9.47 Å². The van der Waals surface area contributed by atoms with Gasteiger partial charge in [-0.25, -0.2) is 4.79 Å². The highest BCUT2D eigenvalue weighted by atomic mass is 16.6. The molecule has 0 aliphatic carbocycles. The van der Waals surface area contributed by atoms with Gasteiger partial charge < -0.3 is 25.4 Å². The summed E-state index contributed by atoms with van der Waals surface area (Å²) in [7, 11) is 0. The zero-order valence-corrected chi connectivity index (χ0v) is 19.9. The number of nitrogens with one attached hydrogen (secondary N) is 3. The number of hydrogen-bond donors (Lipinski definition) is 3. The molecule has 0 heterocycles. The SMILES string of the molecule is Cc1ccc(OCC(=O)Nc2cccc(CNC(=O)CCNC(=O)OC(C)(C)C)c2)c(C)c1. The average Bonchev–Trinajstić information content (AvgIpc) is 2.70. The predicted molar refractivity (Wildman–Crippen MR) is 127 cm³/mol. The highest BCUT2D eigenvalue weighted by Crippen LogP contribution is 2.19. The van der Waals surface area contributed by atoms with E-state index in [1.54, 1.807) is 39.0 Å². The summed E-state index contributed by atoms with van der Waals surface area (Å²) in [6, 6.07) is 13.0. The van der Waals surface area contributed by atoms with E-state index < -0.39 is 11.7 Å². The second-order valence-corrected chi connectivity index (χ2v) is 8.76. The maximum atomic E-state index is 12.3. The number of amides is 3. The second kappa shape index (κ2) is 11.9. The van der Waals surface area contributed by atoms with Crippen molar-refractivity contribution >= 4 is 23.6 Å². The van der Waals surface area contributed by atoms with E-state index in [-0.39, 0.29) is 31.4 Å². The van der Waals surface area contributed by atoms with Gasteiger partial charge in [0, 0.05) is 25.2 Å². The number of ether oxygens (including phenoxy) is 2. The molecule has 8 heteroatoms. The molecule has 178 valence electrons. The van der Waals surface area contributed by atoms with Gasteiger partial charge >= 0.3 is 6.09 Å². The second-order valence-electron chi connectivity index (χ2n) is 8.76. The first-order valence-electron chi connectivity index (χ1n) is 10.8. The molecule has 3 N–H and O–H groups in total. The molecule has 2 aromatic rings. The van der Waals surface area contributed by atoms with Crippen molar-refractivity contribution < 1.29 is 23.9 Å². The van der Waals surface area contributed by atoms with E-state index in [0.717, 1.165) is 16.7 Å². The monoisotopic (exact) mass is 455 g/mol. The summed E-state index contributed by atoms with van der Waals surface area (Å²) in [6.07, 6.45) is -0.425. The number of benzene rings is 2. The van der Waals surface area contributed by atoms with Crippen LogP contribution in [0.1, 0.15) is 43.9 Å². The van der Waals surface area contributed by atoms with Gasteiger partial charge in [-0.05, 0) is 63.9 Å². The Morgan fingerprint density at radius 2 is 1.70 bits per heavy atom. The number of rotatable bonds is 9. The number of anilines is 1. The van der Waals surface area contributed by atoms with Crippen molar-refractivity contribution in [2.24, 2.45) is 0 Å². The molecule has 0 saturated heterocycles. The number of hydrogen-bond acceptors (Lipinski definition) is 5. The fourth-order valence-corrected chi connectivity index (χ4v) is 2.94. The molecule has 0 unspecified atom stereocenters. The molecule has 2 rings (SSSR count). The van der Waals surface area contributed by atoms with Crippen molar-refractivity contribution in [3.05, 3.63) is 59.2 Å². The van der Waals surface area contributed by atoms with Crippen LogP contribution in [0.4, 0.5) is 10.5 Å². The minimum absolute atomic E-state index is 0.102. The minimum atomic E-state index is -0.585. The van der Waals surface area contributed by atoms with Crippen LogP contribution in [-0.2, 0) is 20.9 Å². The minimum Gasteiger partial charge on any atom is -0.483 e. The molecule has 0 spiro atoms. The van der Waals surface area contributed by atoms with Crippen molar-refractivity contribution in [2.45, 2.75) is 53.2 Å². The molecule has 33 heavy (non-hydrogen) atoms. The Balaban J connectivity index is 1.74. The maximum absolute atomic E-state index is 12.3. The largest absolute Gasteiger partial charge is 0.483 e. The Kier molecular flexibility index (Phi) is 9.27. The molecule has 0 aliphatic rings. The Labute approximate surface area is 195 Å². The summed E-state index contributed by atoms with van der Waals surface area (Å²) < 4.78 is 10.7. The Bertz CT molecular complexity index is 982. The summed E-state index contributed by atoms with van der Waals surface area (Å²) >= 11 is 0. The molecule has 2 aromatic carbocycles. The van der Waals surface area contributed by atoms with Crippen LogP contribution in [0, 0.1) is 13.8 Å². The third-order valence-electron chi connectivity index (χ3n) is 4.41. The van der Waals surface area contributed by atoms with Crippen LogP contribution in [0.5, 0.6) is 5.75 Å². The van der Waals surface area contributed by atoms with E-state index in [1.807, 2.05) is 38.1 Å². The molecule has 0 saturated carbocycles. The lowest BCUT2D eigenvalue weighted by molar-refractivity contribution is -0.121. The van der Waals surface area contributed by atoms with E-state index in [1.165, 1.54) is 0 Å². The van der Waals surface area contributed by atoms with Crippen LogP contribution < -0.4 is 20.7 Å². The molecular weight excluding hydrogens is 422 g/mol. The van der Waals surface area contributed by atoms with Crippen LogP contribution in [0.3, 0.4) is 0 Å². The number of carbonyl (C=O) groups is 3. The molecule has 3 amide bonds. The standard InChI is InChI=1S/C25H33N3O5/c1-17-9-10-21(18(2)13-17)32-16-23(30)28-20-8-6-7-19(14-20)15-27-22(29)11-12-26-24(31)33-25(3,4)5/h6-10,13-14H,11-12,15-16H2,1-5H3,(H,26,31)(H,27,29)(H,28,30). The smallest absolute Gasteiger partial charge is 0.407 e. The quantitative estimate of drug-likeness (QED) is 0.533. The van der Waals surface area contributed by atoms with Gasteiger partial charge in [0.05, 0.1) is 0 Å². The summed E-state index contributed by atoms with van der Waals surface area (Å²) in [5, 5.41) is 8.14. The van der Waals surface area contributed by atoms with Gasteiger partial charge in [0.25, 0.3) is 5.91 Å². The van der Waals surface area contributed by atoms with E-state index in [0.29, 0.717) is 18.0 Å². The van der Waals surface area contributed by atoms with Gasteiger partial charge in [-0.2, -0.15) is 0 Å². The highest BCUT2D eigenvalue weighted by Gasteiger charge is 2.15. The van der Waals surface area contributed by atoms with Gasteiger partial charge in [-0.3, -0.25) is 9.59 Å². The fourth-order valence-electron chi connectivity index (χ4n) is 2.94. The van der Waals surface area contributed by atoms with Crippen molar-refractivity contribution in [1.29, 1.82) is 0 Å². The van der Waals surface area contributed by atoms with Crippen molar-refractivity contribution in [3.63, 3.8) is 0 Å². The van der Waals surface area contributed by atoms with Crippen molar-refractivity contribution in [1.82, 2.24) is 10.6 Å². The first-order chi connectivity index (χ1) is 15.5. The molecule has 8 nitrogen and oxygen atoms in total. The maximum Gasteiger partial charge on any atom is 0.407 e. The highest BCUT2D eigenvalue weighted by molar-refractivity contribution is 5.92. The summed E-state index contributed by atoms with van der Waals surface area (Å²) in [5.41, 5.74) is 2.96. The lowest BCUT2D eigenvalue weighted by atomic mass is 10.1. The Morgan fingerprint density at radius 3 is 2.39 bits per heavy atom. The predicted octanol–water partition coefficient (Wildman–Crippen LogP) is 3.85. The molecular formula is C25H33N3O5. The topological polar surface area (TPSA) is 106 Å². The molecule has 0 bridgehead atoms. The molecule has 0 aliphatic heterocycles. The summed E-state index contributed by atoms with van der Waals surface area (Å²) in [5.74, 6) is 0.195. The number of aryl methyl sites for hydroxylation is 2. The fraction of sp³-hybridized carbons (Fsp3) is 0.400. The van der Waals surface area contributed by atoms with Crippen molar-refractivity contribution in [3.8, 4) is 5.75 Å². The summed E-state index contributed by atoms with van der Waals surface area (Å²) in [6.45, 7) is 9.63. The number of alkyl carbamates (subject to hydrolysis) is 1. The summed E-state index contributed by atoms with van der Waals surface area (Å²) in [4.78, 5) is 35.9. The zero-order chi connectivity index (χ0) is 24.4. The van der Waals surface area contributed by atoms with Gasteiger partial charge in [0.1, 0.15) is 11.4 Å². The van der Waals surface area contributed by atoms with Crippen LogP contribution in [0.15, 0.2) is 42.5 Å². The molecule has 0 fully saturated rings. The van der Waals surface area contributed by atoms with E-state index in [2.05, 4.69) is 16.0 Å². The first kappa shape index (κ1) is 25.7. The molecule has 0 aromatic heterocycles. The van der Waals surface area contributed by atoms with Gasteiger partial charge in [0.15, 0.2) is 6.61 Å². The van der Waals surface area contributed by atoms with Crippen LogP contribution in [-0.4, -0.2) is 36.7 Å². The average molecular weight is 456 g/mol. The third kappa shape index (κ3) is 10.1. The molecule has 0 atom stereocenters. The van der Waals surface area contributed by atoms with Crippen molar-refractivity contribution in [2.75, 3.05) is 18.5 Å². The lowest BCUT2D eigenvalue weighted by Crippen LogP contribution is -2.35. The van der Waals surface area contributed by atoms with Gasteiger partial charge in [0.2, 0.25) is 5.91 Å². The third-order valence-corrected chi connectivity index (χ3v) is 4.41. The first-order valence-corrected chi connectivity index (χ1v) is 10.8. The molecule has 0 radical (unpaired) electrons. The van der Waals surface area contributed by atoms with Crippen LogP contribution in [0.25, 0.3) is 0 Å².